The molecule has 0 radical (unpaired) electrons. The largest absolute Gasteiger partial charge is 0.363 e. The number of Topliss-reactive ketones (excluding diaryl/α,β-unsaturated/α-hetero) is 1. The van der Waals surface area contributed by atoms with E-state index < -0.39 is 23.6 Å². The lowest BCUT2D eigenvalue weighted by Crippen LogP contribution is -2.47. The normalized spacial score (nSPS) is 11.6. The summed E-state index contributed by atoms with van der Waals surface area (Å²) in [5, 5.41) is 2.68. The highest BCUT2D eigenvalue weighted by atomic mass is 32.1. The van der Waals surface area contributed by atoms with Gasteiger partial charge in [-0.1, -0.05) is 60.7 Å². The summed E-state index contributed by atoms with van der Waals surface area (Å²) in [6.07, 6.45) is 0.172. The second-order valence-electron chi connectivity index (χ2n) is 6.27. The Kier molecular flexibility index (Phi) is 5.96. The van der Waals surface area contributed by atoms with Crippen LogP contribution in [0.5, 0.6) is 0 Å². The van der Waals surface area contributed by atoms with Crippen molar-refractivity contribution in [3.8, 4) is 11.3 Å². The van der Waals surface area contributed by atoms with Gasteiger partial charge in [0.05, 0.1) is 11.3 Å². The van der Waals surface area contributed by atoms with Gasteiger partial charge in [-0.05, 0) is 24.0 Å². The minimum absolute atomic E-state index is 0.172. The van der Waals surface area contributed by atoms with E-state index in [0.717, 1.165) is 16.0 Å². The number of hydrogen-bond acceptors (Lipinski definition) is 5. The molecule has 0 saturated heterocycles. The van der Waals surface area contributed by atoms with Gasteiger partial charge in [-0.25, -0.2) is 0 Å². The molecular formula is C21H19N3O3S. The van der Waals surface area contributed by atoms with Gasteiger partial charge in [0.2, 0.25) is 5.78 Å². The van der Waals surface area contributed by atoms with Crippen molar-refractivity contribution in [1.29, 1.82) is 0 Å². The molecule has 3 N–H and O–H groups in total. The topological polar surface area (TPSA) is 102 Å². The maximum absolute atomic E-state index is 13.0. The Bertz CT molecular complexity index is 1000. The fourth-order valence-electron chi connectivity index (χ4n) is 2.89. The number of nitrogens with zero attached hydrogens (tertiary/aromatic N) is 1. The molecular weight excluding hydrogens is 374 g/mol. The smallest absolute Gasteiger partial charge is 0.287 e. The van der Waals surface area contributed by atoms with Crippen molar-refractivity contribution in [2.24, 2.45) is 5.73 Å². The Labute approximate surface area is 166 Å². The molecule has 3 rings (SSSR count). The van der Waals surface area contributed by atoms with Crippen LogP contribution in [0, 0.1) is 6.92 Å². The molecule has 2 amide bonds. The van der Waals surface area contributed by atoms with Crippen LogP contribution in [0.2, 0.25) is 0 Å². The van der Waals surface area contributed by atoms with Gasteiger partial charge in [0.15, 0.2) is 0 Å². The summed E-state index contributed by atoms with van der Waals surface area (Å²) in [7, 11) is 0. The molecule has 3 aromatic rings. The second-order valence-corrected chi connectivity index (χ2v) is 7.25. The molecule has 1 unspecified atom stereocenters. The Hall–Kier alpha value is -3.32. The van der Waals surface area contributed by atoms with Gasteiger partial charge >= 0.3 is 0 Å². The molecule has 1 aromatic heterocycles. The Morgan fingerprint density at radius 2 is 1.64 bits per heavy atom. The molecule has 0 aliphatic carbocycles. The Balaban J connectivity index is 1.89. The third-order valence-corrected chi connectivity index (χ3v) is 5.04. The quantitative estimate of drug-likeness (QED) is 0.602. The van der Waals surface area contributed by atoms with Crippen molar-refractivity contribution in [2.45, 2.75) is 19.4 Å². The number of amides is 2. The average molecular weight is 393 g/mol. The van der Waals surface area contributed by atoms with E-state index in [0.29, 0.717) is 11.3 Å². The van der Waals surface area contributed by atoms with Crippen LogP contribution in [-0.2, 0) is 16.0 Å². The first-order chi connectivity index (χ1) is 13.5. The van der Waals surface area contributed by atoms with Crippen LogP contribution in [0.4, 0.5) is 0 Å². The second kappa shape index (κ2) is 8.58. The van der Waals surface area contributed by atoms with Crippen LogP contribution in [0.25, 0.3) is 11.3 Å². The molecule has 0 bridgehead atoms. The summed E-state index contributed by atoms with van der Waals surface area (Å²) in [6.45, 7) is 1.79. The average Bonchev–Trinajstić information content (AvgIpc) is 3.10. The molecule has 1 heterocycles. The number of primary amides is 1. The summed E-state index contributed by atoms with van der Waals surface area (Å²) in [6, 6.07) is 17.4. The van der Waals surface area contributed by atoms with E-state index in [1.165, 1.54) is 11.5 Å². The van der Waals surface area contributed by atoms with Crippen molar-refractivity contribution >= 4 is 29.1 Å². The number of ketones is 1. The molecule has 28 heavy (non-hydrogen) atoms. The van der Waals surface area contributed by atoms with Gasteiger partial charge in [-0.3, -0.25) is 14.4 Å². The highest BCUT2D eigenvalue weighted by Gasteiger charge is 2.28. The number of rotatable bonds is 7. The summed E-state index contributed by atoms with van der Waals surface area (Å²) >= 11 is 1.21. The van der Waals surface area contributed by atoms with Crippen molar-refractivity contribution in [2.75, 3.05) is 0 Å². The minimum Gasteiger partial charge on any atom is -0.363 e. The summed E-state index contributed by atoms with van der Waals surface area (Å²) in [4.78, 5) is 37.5. The standard InChI is InChI=1S/C21H19N3O3S/c1-13-17(18(24-28-13)15-10-6-3-7-11-15)21(27)23-16(19(25)20(22)26)12-14-8-4-2-5-9-14/h2-11,16H,12H2,1H3,(H2,22,26)(H,23,27). The molecule has 142 valence electrons. The first-order valence-corrected chi connectivity index (χ1v) is 9.45. The van der Waals surface area contributed by atoms with Crippen molar-refractivity contribution in [3.63, 3.8) is 0 Å². The summed E-state index contributed by atoms with van der Waals surface area (Å²) in [5.41, 5.74) is 7.74. The zero-order valence-electron chi connectivity index (χ0n) is 15.2. The molecule has 0 aliphatic rings. The van der Waals surface area contributed by atoms with E-state index >= 15 is 0 Å². The van der Waals surface area contributed by atoms with Crippen molar-refractivity contribution in [1.82, 2.24) is 9.69 Å². The number of carbonyl (C=O) groups is 3. The zero-order valence-corrected chi connectivity index (χ0v) is 16.0. The number of benzene rings is 2. The molecule has 0 saturated carbocycles. The van der Waals surface area contributed by atoms with E-state index in [4.69, 9.17) is 5.73 Å². The fraction of sp³-hybridized carbons (Fsp3) is 0.143. The number of aryl methyl sites for hydroxylation is 1. The summed E-state index contributed by atoms with van der Waals surface area (Å²) < 4.78 is 4.38. The van der Waals surface area contributed by atoms with Crippen LogP contribution < -0.4 is 11.1 Å². The molecule has 7 heteroatoms. The maximum Gasteiger partial charge on any atom is 0.287 e. The number of nitrogens with one attached hydrogen (secondary N) is 1. The first-order valence-electron chi connectivity index (χ1n) is 8.67. The van der Waals surface area contributed by atoms with E-state index in [1.54, 1.807) is 6.92 Å². The number of hydrogen-bond donors (Lipinski definition) is 2. The minimum atomic E-state index is -1.08. The highest BCUT2D eigenvalue weighted by Crippen LogP contribution is 2.28. The highest BCUT2D eigenvalue weighted by molar-refractivity contribution is 7.06. The van der Waals surface area contributed by atoms with Gasteiger partial charge in [0, 0.05) is 16.9 Å². The van der Waals surface area contributed by atoms with Gasteiger partial charge in [-0.2, -0.15) is 4.37 Å². The van der Waals surface area contributed by atoms with Crippen molar-refractivity contribution < 1.29 is 14.4 Å². The number of nitrogens with two attached hydrogens (primary N) is 1. The third-order valence-electron chi connectivity index (χ3n) is 4.28. The van der Waals surface area contributed by atoms with Crippen LogP contribution in [-0.4, -0.2) is 28.0 Å². The Morgan fingerprint density at radius 1 is 1.04 bits per heavy atom. The zero-order chi connectivity index (χ0) is 20.1. The van der Waals surface area contributed by atoms with Crippen LogP contribution >= 0.6 is 11.5 Å². The van der Waals surface area contributed by atoms with Gasteiger partial charge in [0.25, 0.3) is 11.8 Å². The first kappa shape index (κ1) is 19.4. The molecule has 0 aliphatic heterocycles. The van der Waals surface area contributed by atoms with E-state index in [-0.39, 0.29) is 6.42 Å². The van der Waals surface area contributed by atoms with Crippen LogP contribution in [0.1, 0.15) is 20.8 Å². The predicted molar refractivity (Wildman–Crippen MR) is 108 cm³/mol. The summed E-state index contributed by atoms with van der Waals surface area (Å²) in [5.74, 6) is -2.37. The molecule has 6 nitrogen and oxygen atoms in total. The monoisotopic (exact) mass is 393 g/mol. The predicted octanol–water partition coefficient (Wildman–Crippen LogP) is 2.51. The molecule has 2 aromatic carbocycles. The maximum atomic E-state index is 13.0. The molecule has 0 fully saturated rings. The third kappa shape index (κ3) is 4.32. The van der Waals surface area contributed by atoms with Crippen LogP contribution in [0.15, 0.2) is 60.7 Å². The van der Waals surface area contributed by atoms with E-state index in [9.17, 15) is 14.4 Å². The van der Waals surface area contributed by atoms with Gasteiger partial charge in [-0.15, -0.1) is 0 Å². The molecule has 0 spiro atoms. The van der Waals surface area contributed by atoms with Crippen LogP contribution in [0.3, 0.4) is 0 Å². The lowest BCUT2D eigenvalue weighted by atomic mass is 10.0. The van der Waals surface area contributed by atoms with E-state index in [2.05, 4.69) is 9.69 Å². The van der Waals surface area contributed by atoms with Gasteiger partial charge < -0.3 is 11.1 Å². The number of carbonyl (C=O) groups excluding carboxylic acids is 3. The fourth-order valence-corrected chi connectivity index (χ4v) is 3.60. The number of aromatic nitrogens is 1. The molecule has 1 atom stereocenters. The lowest BCUT2D eigenvalue weighted by Gasteiger charge is -2.17. The lowest BCUT2D eigenvalue weighted by molar-refractivity contribution is -0.137. The Morgan fingerprint density at radius 3 is 2.25 bits per heavy atom. The van der Waals surface area contributed by atoms with Gasteiger partial charge in [0.1, 0.15) is 6.04 Å². The SMILES string of the molecule is Cc1snc(-c2ccccc2)c1C(=O)NC(Cc1ccccc1)C(=O)C(N)=O. The van der Waals surface area contributed by atoms with Crippen molar-refractivity contribution in [3.05, 3.63) is 76.7 Å². The van der Waals surface area contributed by atoms with E-state index in [1.807, 2.05) is 60.7 Å².